The van der Waals surface area contributed by atoms with E-state index in [9.17, 15) is 14.4 Å². The summed E-state index contributed by atoms with van der Waals surface area (Å²) in [6, 6.07) is 3.08. The highest BCUT2D eigenvalue weighted by molar-refractivity contribution is 6.04. The number of hydrogen-bond acceptors (Lipinski definition) is 5. The van der Waals surface area contributed by atoms with E-state index in [1.807, 2.05) is 6.92 Å². The van der Waals surface area contributed by atoms with Crippen LogP contribution in [-0.4, -0.2) is 37.2 Å². The SMILES string of the molecule is CCOc1cc(C=O)cc2c1OC(C)C(=O)N2CC(C)=O. The molecule has 0 saturated carbocycles. The molecule has 0 N–H and O–H groups in total. The average Bonchev–Trinajstić information content (AvgIpc) is 2.44. The molecule has 0 bridgehead atoms. The van der Waals surface area contributed by atoms with Gasteiger partial charge < -0.3 is 9.47 Å². The number of benzene rings is 1. The van der Waals surface area contributed by atoms with Crippen molar-refractivity contribution in [3.8, 4) is 11.5 Å². The summed E-state index contributed by atoms with van der Waals surface area (Å²) in [5, 5.41) is 0. The van der Waals surface area contributed by atoms with Gasteiger partial charge in [0.1, 0.15) is 12.1 Å². The topological polar surface area (TPSA) is 72.9 Å². The lowest BCUT2D eigenvalue weighted by Crippen LogP contribution is -2.46. The second-order valence-electron chi connectivity index (χ2n) is 4.80. The lowest BCUT2D eigenvalue weighted by atomic mass is 10.1. The Morgan fingerprint density at radius 2 is 2.19 bits per heavy atom. The summed E-state index contributed by atoms with van der Waals surface area (Å²) in [5.41, 5.74) is 0.748. The van der Waals surface area contributed by atoms with Gasteiger partial charge in [-0.05, 0) is 32.9 Å². The fraction of sp³-hybridized carbons (Fsp3) is 0.400. The molecule has 1 heterocycles. The summed E-state index contributed by atoms with van der Waals surface area (Å²) in [6.07, 6.45) is -0.0461. The molecule has 1 aliphatic heterocycles. The smallest absolute Gasteiger partial charge is 0.268 e. The molecule has 21 heavy (non-hydrogen) atoms. The molecule has 1 aliphatic rings. The molecule has 0 radical (unpaired) electrons. The molecule has 2 rings (SSSR count). The van der Waals surface area contributed by atoms with Crippen molar-refractivity contribution >= 4 is 23.7 Å². The normalized spacial score (nSPS) is 17.0. The minimum Gasteiger partial charge on any atom is -0.490 e. The van der Waals surface area contributed by atoms with Crippen molar-refractivity contribution in [3.63, 3.8) is 0 Å². The fourth-order valence-electron chi connectivity index (χ4n) is 2.21. The van der Waals surface area contributed by atoms with Gasteiger partial charge in [-0.3, -0.25) is 19.3 Å². The standard InChI is InChI=1S/C15H17NO5/c1-4-20-13-6-11(8-17)5-12-14(13)21-10(3)15(19)16(12)7-9(2)18/h5-6,8,10H,4,7H2,1-3H3. The number of fused-ring (bicyclic) bond motifs is 1. The number of rotatable bonds is 5. The van der Waals surface area contributed by atoms with E-state index in [0.717, 1.165) is 0 Å². The maximum Gasteiger partial charge on any atom is 0.268 e. The molecular weight excluding hydrogens is 274 g/mol. The zero-order valence-electron chi connectivity index (χ0n) is 12.2. The summed E-state index contributed by atoms with van der Waals surface area (Å²) >= 11 is 0. The third-order valence-electron chi connectivity index (χ3n) is 3.07. The van der Waals surface area contributed by atoms with Crippen molar-refractivity contribution in [1.82, 2.24) is 0 Å². The van der Waals surface area contributed by atoms with Gasteiger partial charge in [-0.2, -0.15) is 0 Å². The van der Waals surface area contributed by atoms with Crippen LogP contribution < -0.4 is 14.4 Å². The van der Waals surface area contributed by atoms with Gasteiger partial charge in [0, 0.05) is 5.56 Å². The average molecular weight is 291 g/mol. The molecule has 1 aromatic carbocycles. The van der Waals surface area contributed by atoms with Crippen LogP contribution in [0.4, 0.5) is 5.69 Å². The maximum absolute atomic E-state index is 12.2. The van der Waals surface area contributed by atoms with E-state index in [0.29, 0.717) is 35.6 Å². The number of ketones is 1. The molecular formula is C15H17NO5. The number of anilines is 1. The van der Waals surface area contributed by atoms with E-state index in [4.69, 9.17) is 9.47 Å². The molecule has 0 saturated heterocycles. The van der Waals surface area contributed by atoms with Crippen LogP contribution in [0, 0.1) is 0 Å². The van der Waals surface area contributed by atoms with Gasteiger partial charge >= 0.3 is 0 Å². The molecule has 6 heteroatoms. The summed E-state index contributed by atoms with van der Waals surface area (Å²) in [6.45, 7) is 5.16. The van der Waals surface area contributed by atoms with E-state index in [1.54, 1.807) is 13.0 Å². The highest BCUT2D eigenvalue weighted by atomic mass is 16.5. The van der Waals surface area contributed by atoms with Crippen LogP contribution in [-0.2, 0) is 9.59 Å². The van der Waals surface area contributed by atoms with Crippen LogP contribution in [0.15, 0.2) is 12.1 Å². The van der Waals surface area contributed by atoms with Gasteiger partial charge in [-0.1, -0.05) is 0 Å². The van der Waals surface area contributed by atoms with Crippen LogP contribution in [0.5, 0.6) is 11.5 Å². The third-order valence-corrected chi connectivity index (χ3v) is 3.07. The van der Waals surface area contributed by atoms with Crippen molar-refractivity contribution in [2.75, 3.05) is 18.1 Å². The number of carbonyl (C=O) groups is 3. The molecule has 6 nitrogen and oxygen atoms in total. The van der Waals surface area contributed by atoms with E-state index < -0.39 is 6.10 Å². The van der Waals surface area contributed by atoms with Gasteiger partial charge in [-0.15, -0.1) is 0 Å². The minimum absolute atomic E-state index is 0.0621. The van der Waals surface area contributed by atoms with Gasteiger partial charge in [0.15, 0.2) is 17.6 Å². The van der Waals surface area contributed by atoms with Gasteiger partial charge in [-0.25, -0.2) is 0 Å². The number of aldehydes is 1. The third kappa shape index (κ3) is 2.89. The Bertz CT molecular complexity index is 596. The fourth-order valence-corrected chi connectivity index (χ4v) is 2.21. The number of hydrogen-bond donors (Lipinski definition) is 0. The second-order valence-corrected chi connectivity index (χ2v) is 4.80. The van der Waals surface area contributed by atoms with Gasteiger partial charge in [0.2, 0.25) is 0 Å². The zero-order chi connectivity index (χ0) is 15.6. The molecule has 0 aliphatic carbocycles. The largest absolute Gasteiger partial charge is 0.490 e. The Hall–Kier alpha value is -2.37. The van der Waals surface area contributed by atoms with E-state index in [1.165, 1.54) is 17.9 Å². The Labute approximate surface area is 122 Å². The highest BCUT2D eigenvalue weighted by Crippen LogP contribution is 2.42. The number of ether oxygens (including phenoxy) is 2. The molecule has 1 aromatic rings. The zero-order valence-corrected chi connectivity index (χ0v) is 12.2. The molecule has 0 fully saturated rings. The van der Waals surface area contributed by atoms with E-state index in [-0.39, 0.29) is 18.2 Å². The summed E-state index contributed by atoms with van der Waals surface area (Å²) in [4.78, 5) is 36.0. The Balaban J connectivity index is 2.59. The van der Waals surface area contributed by atoms with Crippen molar-refractivity contribution in [2.24, 2.45) is 0 Å². The molecule has 1 amide bonds. The van der Waals surface area contributed by atoms with Crippen molar-refractivity contribution in [3.05, 3.63) is 17.7 Å². The first-order chi connectivity index (χ1) is 9.97. The van der Waals surface area contributed by atoms with Crippen LogP contribution in [0.3, 0.4) is 0 Å². The lowest BCUT2D eigenvalue weighted by Gasteiger charge is -2.33. The first kappa shape index (κ1) is 15.0. The molecule has 112 valence electrons. The first-order valence-electron chi connectivity index (χ1n) is 6.71. The highest BCUT2D eigenvalue weighted by Gasteiger charge is 2.34. The summed E-state index contributed by atoms with van der Waals surface area (Å²) in [5.74, 6) is 0.307. The van der Waals surface area contributed by atoms with Crippen LogP contribution in [0.1, 0.15) is 31.1 Å². The van der Waals surface area contributed by atoms with Gasteiger partial charge in [0.25, 0.3) is 5.91 Å². The quantitative estimate of drug-likeness (QED) is 0.770. The van der Waals surface area contributed by atoms with Gasteiger partial charge in [0.05, 0.1) is 18.8 Å². The monoisotopic (exact) mass is 291 g/mol. The predicted octanol–water partition coefficient (Wildman–Crippen LogP) is 1.60. The Kier molecular flexibility index (Phi) is 4.26. The second kappa shape index (κ2) is 5.95. The minimum atomic E-state index is -0.710. The molecule has 0 aromatic heterocycles. The summed E-state index contributed by atoms with van der Waals surface area (Å²) < 4.78 is 11.1. The first-order valence-corrected chi connectivity index (χ1v) is 6.71. The van der Waals surface area contributed by atoms with Crippen molar-refractivity contribution in [1.29, 1.82) is 0 Å². The van der Waals surface area contributed by atoms with E-state index in [2.05, 4.69) is 0 Å². The van der Waals surface area contributed by atoms with Crippen LogP contribution in [0.25, 0.3) is 0 Å². The van der Waals surface area contributed by atoms with Crippen LogP contribution >= 0.6 is 0 Å². The predicted molar refractivity (Wildman–Crippen MR) is 76.1 cm³/mol. The lowest BCUT2D eigenvalue weighted by molar-refractivity contribution is -0.127. The summed E-state index contributed by atoms with van der Waals surface area (Å²) in [7, 11) is 0. The van der Waals surface area contributed by atoms with Crippen LogP contribution in [0.2, 0.25) is 0 Å². The number of carbonyl (C=O) groups excluding carboxylic acids is 3. The maximum atomic E-state index is 12.2. The number of nitrogens with zero attached hydrogens (tertiary/aromatic N) is 1. The molecule has 1 atom stereocenters. The molecule has 1 unspecified atom stereocenters. The number of Topliss-reactive ketones (excluding diaryl/α,β-unsaturated/α-hetero) is 1. The van der Waals surface area contributed by atoms with E-state index >= 15 is 0 Å². The molecule has 0 spiro atoms. The Morgan fingerprint density at radius 1 is 1.48 bits per heavy atom. The Morgan fingerprint density at radius 3 is 2.76 bits per heavy atom. The number of amides is 1. The van der Waals surface area contributed by atoms with Crippen molar-refractivity contribution < 1.29 is 23.9 Å². The van der Waals surface area contributed by atoms with Crippen molar-refractivity contribution in [2.45, 2.75) is 26.9 Å².